The number of nitrogens with zero attached hydrogens (tertiary/aromatic N) is 3. The Labute approximate surface area is 305 Å². The first-order valence-electron chi connectivity index (χ1n) is 18.2. The van der Waals surface area contributed by atoms with E-state index in [0.717, 1.165) is 60.5 Å². The number of rotatable bonds is 14. The zero-order valence-corrected chi connectivity index (χ0v) is 29.6. The maximum atomic E-state index is 13.8. The van der Waals surface area contributed by atoms with E-state index in [2.05, 4.69) is 4.90 Å². The second-order valence-electron chi connectivity index (χ2n) is 13.8. The van der Waals surface area contributed by atoms with Crippen molar-refractivity contribution in [2.45, 2.75) is 50.8 Å². The maximum absolute atomic E-state index is 13.8. The van der Waals surface area contributed by atoms with Crippen molar-refractivity contribution in [1.29, 1.82) is 0 Å². The summed E-state index contributed by atoms with van der Waals surface area (Å²) in [6.07, 6.45) is 1.41. The summed E-state index contributed by atoms with van der Waals surface area (Å²) < 4.78 is 23.0. The Kier molecular flexibility index (Phi) is 11.4. The minimum atomic E-state index is -0.907. The highest BCUT2D eigenvalue weighted by molar-refractivity contribution is 5.94. The Morgan fingerprint density at radius 3 is 2.25 bits per heavy atom. The molecule has 2 bridgehead atoms. The molecule has 4 saturated heterocycles. The summed E-state index contributed by atoms with van der Waals surface area (Å²) in [5.41, 5.74) is 4.26. The highest BCUT2D eigenvalue weighted by Crippen LogP contribution is 2.39. The van der Waals surface area contributed by atoms with Gasteiger partial charge in [-0.05, 0) is 90.5 Å². The minimum Gasteiger partial charge on any atom is -0.497 e. The predicted octanol–water partition coefficient (Wildman–Crippen LogP) is 6.84. The fraction of sp³-hybridized carbons (Fsp3) is 0.381. The van der Waals surface area contributed by atoms with Gasteiger partial charge in [0.05, 0.1) is 32.4 Å². The van der Waals surface area contributed by atoms with Crippen molar-refractivity contribution in [1.82, 2.24) is 14.7 Å². The molecule has 4 aliphatic heterocycles. The average Bonchev–Trinajstić information content (AvgIpc) is 3.72. The van der Waals surface area contributed by atoms with E-state index in [9.17, 15) is 14.7 Å². The summed E-state index contributed by atoms with van der Waals surface area (Å²) in [4.78, 5) is 32.7. The average molecular weight is 706 g/mol. The van der Waals surface area contributed by atoms with Crippen molar-refractivity contribution in [3.8, 4) is 11.5 Å². The van der Waals surface area contributed by atoms with Gasteiger partial charge in [-0.15, -0.1) is 0 Å². The Morgan fingerprint density at radius 2 is 1.56 bits per heavy atom. The van der Waals surface area contributed by atoms with E-state index < -0.39 is 12.1 Å². The molecule has 2 atom stereocenters. The first-order valence-corrected chi connectivity index (χ1v) is 18.2. The van der Waals surface area contributed by atoms with Crippen LogP contribution < -0.4 is 9.47 Å². The maximum Gasteiger partial charge on any atom is 0.408 e. The summed E-state index contributed by atoms with van der Waals surface area (Å²) in [5, 5.41) is 10.7. The number of ether oxygens (including phenoxy) is 4. The molecule has 2 amide bonds. The van der Waals surface area contributed by atoms with E-state index in [1.54, 1.807) is 12.0 Å². The van der Waals surface area contributed by atoms with E-state index >= 15 is 0 Å². The molecule has 10 heteroatoms. The second-order valence-corrected chi connectivity index (χ2v) is 13.8. The number of carbonyl (C=O) groups is 2. The smallest absolute Gasteiger partial charge is 0.408 e. The van der Waals surface area contributed by atoms with E-state index in [1.807, 2.05) is 108 Å². The van der Waals surface area contributed by atoms with Crippen LogP contribution >= 0.6 is 0 Å². The Morgan fingerprint density at radius 1 is 0.846 bits per heavy atom. The number of benzene rings is 4. The van der Waals surface area contributed by atoms with Gasteiger partial charge in [0, 0.05) is 31.6 Å². The second kappa shape index (κ2) is 16.6. The molecule has 0 spiro atoms. The van der Waals surface area contributed by atoms with Gasteiger partial charge in [-0.25, -0.2) is 4.79 Å². The molecule has 272 valence electrons. The Bertz CT molecular complexity index is 1790. The van der Waals surface area contributed by atoms with Gasteiger partial charge < -0.3 is 33.9 Å². The fourth-order valence-corrected chi connectivity index (χ4v) is 7.79. The van der Waals surface area contributed by atoms with E-state index in [4.69, 9.17) is 18.9 Å². The van der Waals surface area contributed by atoms with Gasteiger partial charge in [0.2, 0.25) is 0 Å². The van der Waals surface area contributed by atoms with Crippen LogP contribution in [0.2, 0.25) is 0 Å². The molecule has 4 aliphatic rings. The number of carbonyl (C=O) groups excluding carboxylic acids is 1. The first-order chi connectivity index (χ1) is 25.4. The van der Waals surface area contributed by atoms with Crippen LogP contribution in [0.1, 0.15) is 57.9 Å². The monoisotopic (exact) mass is 705 g/mol. The molecule has 8 rings (SSSR count). The quantitative estimate of drug-likeness (QED) is 0.152. The van der Waals surface area contributed by atoms with Crippen molar-refractivity contribution in [3.63, 3.8) is 0 Å². The molecule has 0 radical (unpaired) electrons. The van der Waals surface area contributed by atoms with Crippen LogP contribution in [-0.4, -0.2) is 90.6 Å². The van der Waals surface area contributed by atoms with Crippen LogP contribution in [-0.2, 0) is 22.6 Å². The number of hydrogen-bond donors (Lipinski definition) is 1. The molecule has 1 unspecified atom stereocenters. The molecule has 1 N–H and O–H groups in total. The van der Waals surface area contributed by atoms with Crippen molar-refractivity contribution in [2.75, 3.05) is 46.5 Å². The molecule has 0 saturated carbocycles. The highest BCUT2D eigenvalue weighted by atomic mass is 16.7. The summed E-state index contributed by atoms with van der Waals surface area (Å²) in [5.74, 6) is 1.66. The largest absolute Gasteiger partial charge is 0.497 e. The third kappa shape index (κ3) is 8.41. The van der Waals surface area contributed by atoms with Crippen LogP contribution in [0.4, 0.5) is 4.79 Å². The van der Waals surface area contributed by atoms with Crippen LogP contribution in [0.15, 0.2) is 103 Å². The van der Waals surface area contributed by atoms with Gasteiger partial charge in [-0.2, -0.15) is 0 Å². The lowest BCUT2D eigenvalue weighted by Gasteiger charge is -2.50. The van der Waals surface area contributed by atoms with Crippen molar-refractivity contribution >= 4 is 12.0 Å². The summed E-state index contributed by atoms with van der Waals surface area (Å²) in [7, 11) is 1.63. The third-order valence-electron chi connectivity index (χ3n) is 10.5. The predicted molar refractivity (Wildman–Crippen MR) is 196 cm³/mol. The zero-order valence-electron chi connectivity index (χ0n) is 29.6. The molecule has 4 aromatic carbocycles. The highest BCUT2D eigenvalue weighted by Gasteiger charge is 2.43. The summed E-state index contributed by atoms with van der Waals surface area (Å²) in [6, 6.07) is 32.4. The molecule has 10 nitrogen and oxygen atoms in total. The molecule has 4 fully saturated rings. The molecule has 0 aliphatic carbocycles. The number of fused-ring (bicyclic) bond motifs is 3. The van der Waals surface area contributed by atoms with Gasteiger partial charge >= 0.3 is 6.09 Å². The number of piperidine rings is 3. The first kappa shape index (κ1) is 35.5. The topological polar surface area (TPSA) is 101 Å². The van der Waals surface area contributed by atoms with Crippen molar-refractivity contribution in [2.24, 2.45) is 5.92 Å². The van der Waals surface area contributed by atoms with Crippen molar-refractivity contribution < 1.29 is 33.6 Å². The number of amides is 2. The van der Waals surface area contributed by atoms with E-state index in [0.29, 0.717) is 56.6 Å². The third-order valence-corrected chi connectivity index (χ3v) is 10.5. The zero-order chi connectivity index (χ0) is 35.9. The van der Waals surface area contributed by atoms with Crippen LogP contribution in [0.3, 0.4) is 0 Å². The van der Waals surface area contributed by atoms with Crippen molar-refractivity contribution in [3.05, 3.63) is 131 Å². The molecule has 4 heterocycles. The van der Waals surface area contributed by atoms with Gasteiger partial charge in [0.15, 0.2) is 6.29 Å². The molecular weight excluding hydrogens is 658 g/mol. The summed E-state index contributed by atoms with van der Waals surface area (Å²) >= 11 is 0. The normalized spacial score (nSPS) is 20.3. The molecule has 52 heavy (non-hydrogen) atoms. The van der Waals surface area contributed by atoms with Gasteiger partial charge in [0.25, 0.3) is 5.91 Å². The van der Waals surface area contributed by atoms with Gasteiger partial charge in [-0.3, -0.25) is 9.69 Å². The SMILES string of the molecule is COc1cccc(CN(CCC2OCCO2)C(=O)c2ccc(COc3cccc(C(c4ccccc4)N(C(=O)O)[C@H]4CN5CCC4CC5)c3)cc2)c1. The Hall–Kier alpha value is -4.90. The number of carboxylic acid groups (broad SMARTS) is 1. The lowest BCUT2D eigenvalue weighted by molar-refractivity contribution is -0.0505. The van der Waals surface area contributed by atoms with E-state index in [1.165, 1.54) is 0 Å². The molecule has 0 aromatic heterocycles. The fourth-order valence-electron chi connectivity index (χ4n) is 7.79. The lowest BCUT2D eigenvalue weighted by atomic mass is 9.81. The standard InChI is InChI=1S/C42H47N3O7/c1-49-36-11-5-7-31(25-36)27-44(22-19-39-50-23-24-51-39)41(46)34-15-13-30(14-16-34)29-52-37-12-6-10-35(26-37)40(33-8-3-2-4-9-33)45(42(47)48)38-28-43-20-17-32(38)18-21-43/h2-16,25-26,32,38-40H,17-24,27-29H2,1H3,(H,47,48)/t38-,40?/m0/s1. The van der Waals surface area contributed by atoms with Gasteiger partial charge in [-0.1, -0.05) is 66.7 Å². The van der Waals surface area contributed by atoms with E-state index in [-0.39, 0.29) is 18.2 Å². The van der Waals surface area contributed by atoms with Crippen LogP contribution in [0.5, 0.6) is 11.5 Å². The van der Waals surface area contributed by atoms with Gasteiger partial charge in [0.1, 0.15) is 18.1 Å². The lowest BCUT2D eigenvalue weighted by Crippen LogP contribution is -2.59. The molecular formula is C42H47N3O7. The minimum absolute atomic E-state index is 0.0770. The Balaban J connectivity index is 1.05. The number of hydrogen-bond acceptors (Lipinski definition) is 7. The molecule has 4 aromatic rings. The number of methoxy groups -OCH3 is 1. The van der Waals surface area contributed by atoms with Crippen LogP contribution in [0.25, 0.3) is 0 Å². The summed E-state index contributed by atoms with van der Waals surface area (Å²) in [6.45, 7) is 5.16. The van der Waals surface area contributed by atoms with Crippen LogP contribution in [0, 0.1) is 5.92 Å².